The number of nitrogens with zero attached hydrogens (tertiary/aromatic N) is 4. The van der Waals surface area contributed by atoms with Gasteiger partial charge in [0.25, 0.3) is 0 Å². The predicted octanol–water partition coefficient (Wildman–Crippen LogP) is 4.48. The van der Waals surface area contributed by atoms with Crippen LogP contribution in [0.4, 0.5) is 10.5 Å². The van der Waals surface area contributed by atoms with Gasteiger partial charge in [-0.2, -0.15) is 0 Å². The van der Waals surface area contributed by atoms with Crippen LogP contribution in [0.1, 0.15) is 18.5 Å². The van der Waals surface area contributed by atoms with Crippen molar-refractivity contribution >= 4 is 22.5 Å². The number of aromatic nitrogens is 2. The number of urea groups is 1. The van der Waals surface area contributed by atoms with Gasteiger partial charge >= 0.3 is 6.03 Å². The molecule has 0 saturated carbocycles. The monoisotopic (exact) mass is 427 g/mol. The molecule has 32 heavy (non-hydrogen) atoms. The number of hydrogen-bond donors (Lipinski definition) is 1. The van der Waals surface area contributed by atoms with Crippen LogP contribution < -0.4 is 10.2 Å². The zero-order valence-corrected chi connectivity index (χ0v) is 17.9. The molecule has 1 atom stereocenters. The summed E-state index contributed by atoms with van der Waals surface area (Å²) in [6, 6.07) is 18.4. The van der Waals surface area contributed by atoms with Gasteiger partial charge < -0.3 is 19.5 Å². The molecule has 7 heteroatoms. The summed E-state index contributed by atoms with van der Waals surface area (Å²) in [5.41, 5.74) is 2.93. The number of fused-ring (bicyclic) bond motifs is 1. The lowest BCUT2D eigenvalue weighted by Gasteiger charge is -2.36. The van der Waals surface area contributed by atoms with E-state index in [1.165, 1.54) is 17.2 Å². The minimum absolute atomic E-state index is 0.0242. The van der Waals surface area contributed by atoms with Gasteiger partial charge in [0.1, 0.15) is 5.69 Å². The van der Waals surface area contributed by atoms with Crippen molar-refractivity contribution in [1.82, 2.24) is 20.2 Å². The Balaban J connectivity index is 1.19. The van der Waals surface area contributed by atoms with Crippen LogP contribution >= 0.6 is 0 Å². The summed E-state index contributed by atoms with van der Waals surface area (Å²) in [7, 11) is 0. The summed E-state index contributed by atoms with van der Waals surface area (Å²) in [6.45, 7) is 4.90. The van der Waals surface area contributed by atoms with E-state index in [4.69, 9.17) is 4.42 Å². The molecule has 3 heterocycles. The molecule has 2 amide bonds. The van der Waals surface area contributed by atoms with Crippen LogP contribution in [0, 0.1) is 0 Å². The van der Waals surface area contributed by atoms with E-state index in [9.17, 15) is 4.79 Å². The highest BCUT2D eigenvalue weighted by atomic mass is 16.3. The molecule has 1 aliphatic heterocycles. The molecule has 2 aromatic heterocycles. The first-order chi connectivity index (χ1) is 15.7. The summed E-state index contributed by atoms with van der Waals surface area (Å²) in [5, 5.41) is 5.53. The second-order valence-corrected chi connectivity index (χ2v) is 7.98. The second kappa shape index (κ2) is 8.70. The lowest BCUT2D eigenvalue weighted by molar-refractivity contribution is 0.191. The van der Waals surface area contributed by atoms with Gasteiger partial charge in [-0.15, -0.1) is 0 Å². The molecule has 0 radical (unpaired) electrons. The van der Waals surface area contributed by atoms with Crippen molar-refractivity contribution in [1.29, 1.82) is 0 Å². The number of benzene rings is 2. The smallest absolute Gasteiger partial charge is 0.317 e. The third-order valence-corrected chi connectivity index (χ3v) is 5.99. The van der Waals surface area contributed by atoms with E-state index < -0.39 is 0 Å². The van der Waals surface area contributed by atoms with E-state index in [0.717, 1.165) is 30.0 Å². The highest BCUT2D eigenvalue weighted by molar-refractivity contribution is 5.86. The topological polar surface area (TPSA) is 74.5 Å². The number of anilines is 1. The number of carbonyl (C=O) groups is 1. The molecule has 2 aromatic carbocycles. The van der Waals surface area contributed by atoms with Gasteiger partial charge in [-0.3, -0.25) is 4.98 Å². The molecular weight excluding hydrogens is 402 g/mol. The highest BCUT2D eigenvalue weighted by Gasteiger charge is 2.23. The fourth-order valence-corrected chi connectivity index (χ4v) is 4.21. The number of carbonyl (C=O) groups excluding carboxylic acids is 1. The first-order valence-electron chi connectivity index (χ1n) is 10.8. The predicted molar refractivity (Wildman–Crippen MR) is 124 cm³/mol. The van der Waals surface area contributed by atoms with E-state index in [-0.39, 0.29) is 12.1 Å². The normalized spacial score (nSPS) is 15.0. The van der Waals surface area contributed by atoms with Gasteiger partial charge in [0.05, 0.1) is 24.1 Å². The quantitative estimate of drug-likeness (QED) is 0.520. The Morgan fingerprint density at radius 2 is 1.81 bits per heavy atom. The molecule has 0 bridgehead atoms. The molecule has 4 aromatic rings. The Kier molecular flexibility index (Phi) is 5.46. The summed E-state index contributed by atoms with van der Waals surface area (Å²) >= 11 is 0. The van der Waals surface area contributed by atoms with Crippen molar-refractivity contribution in [3.05, 3.63) is 78.9 Å². The first-order valence-corrected chi connectivity index (χ1v) is 10.8. The fraction of sp³-hybridized carbons (Fsp3) is 0.240. The van der Waals surface area contributed by atoms with Gasteiger partial charge in [0, 0.05) is 26.2 Å². The summed E-state index contributed by atoms with van der Waals surface area (Å²) in [4.78, 5) is 25.4. The van der Waals surface area contributed by atoms with Gasteiger partial charge in [-0.1, -0.05) is 42.5 Å². The largest absolute Gasteiger partial charge is 0.442 e. The minimum Gasteiger partial charge on any atom is -0.442 e. The first kappa shape index (κ1) is 20.1. The van der Waals surface area contributed by atoms with Crippen molar-refractivity contribution in [2.45, 2.75) is 13.0 Å². The third kappa shape index (κ3) is 4.01. The molecule has 1 N–H and O–H groups in total. The number of nitrogens with one attached hydrogen (secondary N) is 1. The maximum absolute atomic E-state index is 12.9. The van der Waals surface area contributed by atoms with Crippen molar-refractivity contribution < 1.29 is 9.21 Å². The third-order valence-electron chi connectivity index (χ3n) is 5.99. The van der Waals surface area contributed by atoms with Crippen molar-refractivity contribution in [3.8, 4) is 11.5 Å². The summed E-state index contributed by atoms with van der Waals surface area (Å²) < 4.78 is 5.29. The Bertz CT molecular complexity index is 1190. The van der Waals surface area contributed by atoms with Crippen LogP contribution in [0.15, 0.2) is 77.8 Å². The average molecular weight is 428 g/mol. The van der Waals surface area contributed by atoms with E-state index in [1.54, 1.807) is 6.20 Å². The molecular formula is C25H25N5O2. The van der Waals surface area contributed by atoms with Gasteiger partial charge in [-0.25, -0.2) is 9.78 Å². The molecule has 5 rings (SSSR count). The molecule has 1 aliphatic rings. The second-order valence-electron chi connectivity index (χ2n) is 7.98. The van der Waals surface area contributed by atoms with Crippen molar-refractivity contribution in [3.63, 3.8) is 0 Å². The number of piperazine rings is 1. The van der Waals surface area contributed by atoms with Crippen LogP contribution in [-0.2, 0) is 0 Å². The van der Waals surface area contributed by atoms with Crippen molar-refractivity contribution in [2.24, 2.45) is 0 Å². The number of pyridine rings is 1. The maximum atomic E-state index is 12.9. The lowest BCUT2D eigenvalue weighted by Crippen LogP contribution is -2.52. The standard InChI is InChI=1S/C25H25N5O2/c1-18(21-8-4-6-19-5-2-3-7-22(19)21)28-25(31)30-13-11-29(12-14-30)20-9-10-23(27-15-20)24-16-26-17-32-24/h2-10,15-18H,11-14H2,1H3,(H,28,31)/t18-/m0/s1. The van der Waals surface area contributed by atoms with Gasteiger partial charge in [0.15, 0.2) is 12.2 Å². The van der Waals surface area contributed by atoms with E-state index in [2.05, 4.69) is 44.5 Å². The van der Waals surface area contributed by atoms with Gasteiger partial charge in [0.2, 0.25) is 0 Å². The van der Waals surface area contributed by atoms with Crippen molar-refractivity contribution in [2.75, 3.05) is 31.1 Å². The molecule has 0 unspecified atom stereocenters. The lowest BCUT2D eigenvalue weighted by atomic mass is 10.00. The Morgan fingerprint density at radius 1 is 1.00 bits per heavy atom. The average Bonchev–Trinajstić information content (AvgIpc) is 3.39. The highest BCUT2D eigenvalue weighted by Crippen LogP contribution is 2.25. The summed E-state index contributed by atoms with van der Waals surface area (Å²) in [5.74, 6) is 0.651. The molecule has 1 saturated heterocycles. The van der Waals surface area contributed by atoms with Crippen LogP contribution in [0.3, 0.4) is 0 Å². The molecule has 1 fully saturated rings. The molecule has 162 valence electrons. The van der Waals surface area contributed by atoms with Crippen LogP contribution in [0.5, 0.6) is 0 Å². The Hall–Kier alpha value is -3.87. The van der Waals surface area contributed by atoms with E-state index in [1.807, 2.05) is 48.4 Å². The Labute approximate surface area is 186 Å². The van der Waals surface area contributed by atoms with Crippen LogP contribution in [-0.4, -0.2) is 47.1 Å². The van der Waals surface area contributed by atoms with Crippen LogP contribution in [0.2, 0.25) is 0 Å². The SMILES string of the molecule is C[C@H](NC(=O)N1CCN(c2ccc(-c3cnco3)nc2)CC1)c1cccc2ccccc12. The molecule has 0 spiro atoms. The minimum atomic E-state index is -0.0699. The number of rotatable bonds is 4. The zero-order valence-electron chi connectivity index (χ0n) is 17.9. The van der Waals surface area contributed by atoms with Crippen LogP contribution in [0.25, 0.3) is 22.2 Å². The van der Waals surface area contributed by atoms with Gasteiger partial charge in [-0.05, 0) is 35.4 Å². The number of hydrogen-bond acceptors (Lipinski definition) is 5. The zero-order chi connectivity index (χ0) is 21.9. The maximum Gasteiger partial charge on any atom is 0.317 e. The fourth-order valence-electron chi connectivity index (χ4n) is 4.21. The van der Waals surface area contributed by atoms with E-state index in [0.29, 0.717) is 18.8 Å². The van der Waals surface area contributed by atoms with E-state index >= 15 is 0 Å². The number of oxazole rings is 1. The molecule has 7 nitrogen and oxygen atoms in total. The Morgan fingerprint density at radius 3 is 2.56 bits per heavy atom. The number of amides is 2. The summed E-state index contributed by atoms with van der Waals surface area (Å²) in [6.07, 6.45) is 4.89. The molecule has 0 aliphatic carbocycles.